The summed E-state index contributed by atoms with van der Waals surface area (Å²) in [7, 11) is 0. The van der Waals surface area contributed by atoms with Gasteiger partial charge in [-0.2, -0.15) is 5.26 Å². The van der Waals surface area contributed by atoms with Gasteiger partial charge in [-0.25, -0.2) is 0 Å². The second kappa shape index (κ2) is 12.5. The van der Waals surface area contributed by atoms with Crippen LogP contribution in [0.5, 0.6) is 11.5 Å². The van der Waals surface area contributed by atoms with E-state index in [1.165, 1.54) is 41.0 Å². The molecule has 0 saturated carbocycles. The number of nitrogens with zero attached hydrogens (tertiary/aromatic N) is 4. The second-order valence-electron chi connectivity index (χ2n) is 8.38. The number of phenols is 2. The van der Waals surface area contributed by atoms with Crippen molar-refractivity contribution < 1.29 is 34.5 Å². The van der Waals surface area contributed by atoms with Gasteiger partial charge in [-0.3, -0.25) is 14.4 Å². The van der Waals surface area contributed by atoms with Gasteiger partial charge in [0.15, 0.2) is 11.5 Å². The zero-order valence-electron chi connectivity index (χ0n) is 20.3. The highest BCUT2D eigenvalue weighted by molar-refractivity contribution is 6.01. The molecule has 2 aromatic carbocycles. The Hall–Kier alpha value is -4.40. The van der Waals surface area contributed by atoms with Gasteiger partial charge in [-0.15, -0.1) is 5.06 Å². The lowest BCUT2D eigenvalue weighted by molar-refractivity contribution is -0.210. The number of aliphatic hydroxyl groups is 1. The molecule has 1 heterocycles. The molecule has 194 valence electrons. The minimum Gasteiger partial charge on any atom is -0.504 e. The first-order valence-electron chi connectivity index (χ1n) is 11.5. The van der Waals surface area contributed by atoms with Crippen molar-refractivity contribution in [3.8, 4) is 17.6 Å². The van der Waals surface area contributed by atoms with Gasteiger partial charge in [0.25, 0.3) is 5.91 Å². The van der Waals surface area contributed by atoms with Crippen molar-refractivity contribution in [2.45, 2.75) is 19.5 Å². The zero-order valence-corrected chi connectivity index (χ0v) is 20.3. The summed E-state index contributed by atoms with van der Waals surface area (Å²) >= 11 is 0. The van der Waals surface area contributed by atoms with Crippen molar-refractivity contribution in [3.05, 3.63) is 65.2 Å². The van der Waals surface area contributed by atoms with Crippen LogP contribution in [0.3, 0.4) is 0 Å². The van der Waals surface area contributed by atoms with E-state index in [9.17, 15) is 35.0 Å². The topological polar surface area (TPSA) is 155 Å². The number of hydrogen-bond acceptors (Lipinski definition) is 9. The fourth-order valence-electron chi connectivity index (χ4n) is 3.88. The molecule has 1 atom stereocenters. The quantitative estimate of drug-likeness (QED) is 0.205. The third-order valence-corrected chi connectivity index (χ3v) is 5.77. The molecule has 0 unspecified atom stereocenters. The maximum Gasteiger partial charge on any atom is 0.322 e. The minimum atomic E-state index is -1.14. The smallest absolute Gasteiger partial charge is 0.322 e. The molecule has 0 aliphatic carbocycles. The van der Waals surface area contributed by atoms with E-state index in [0.29, 0.717) is 5.56 Å². The number of aliphatic hydroxyl groups excluding tert-OH is 1. The number of amides is 2. The first kappa shape index (κ1) is 27.2. The molecule has 0 spiro atoms. The maximum absolute atomic E-state index is 13.2. The summed E-state index contributed by atoms with van der Waals surface area (Å²) in [5, 5.41) is 39.7. The van der Waals surface area contributed by atoms with Crippen LogP contribution >= 0.6 is 0 Å². The van der Waals surface area contributed by atoms with Crippen LogP contribution in [0, 0.1) is 11.3 Å². The van der Waals surface area contributed by atoms with Crippen LogP contribution in [-0.2, 0) is 25.8 Å². The summed E-state index contributed by atoms with van der Waals surface area (Å²) < 4.78 is 0. The number of nitriles is 1. The third-order valence-electron chi connectivity index (χ3n) is 5.77. The molecule has 0 bridgehead atoms. The lowest BCUT2D eigenvalue weighted by Gasteiger charge is -2.37. The van der Waals surface area contributed by atoms with E-state index in [-0.39, 0.29) is 49.8 Å². The van der Waals surface area contributed by atoms with Crippen LogP contribution in [-0.4, -0.2) is 86.8 Å². The van der Waals surface area contributed by atoms with Gasteiger partial charge in [0.05, 0.1) is 13.2 Å². The van der Waals surface area contributed by atoms with Crippen molar-refractivity contribution in [1.29, 1.82) is 5.26 Å². The van der Waals surface area contributed by atoms with Crippen LogP contribution < -0.4 is 0 Å². The highest BCUT2D eigenvalue weighted by Gasteiger charge is 2.34. The first-order chi connectivity index (χ1) is 17.7. The minimum absolute atomic E-state index is 0.0962. The van der Waals surface area contributed by atoms with Gasteiger partial charge in [-0.1, -0.05) is 36.4 Å². The number of phenolic OH excluding ortho intramolecular Hbond substituents is 2. The van der Waals surface area contributed by atoms with Crippen LogP contribution in [0.4, 0.5) is 0 Å². The fraction of sp³-hybridized carbons (Fsp3) is 0.308. The van der Waals surface area contributed by atoms with Crippen LogP contribution in [0.2, 0.25) is 0 Å². The number of hydrogen-bond donors (Lipinski definition) is 3. The number of aromatic hydroxyl groups is 2. The Bertz CT molecular complexity index is 1200. The molecule has 1 aliphatic rings. The van der Waals surface area contributed by atoms with E-state index in [1.54, 1.807) is 12.1 Å². The molecule has 0 aromatic heterocycles. The number of piperazine rings is 1. The summed E-state index contributed by atoms with van der Waals surface area (Å²) in [6, 6.07) is 13.7. The Morgan fingerprint density at radius 1 is 1.05 bits per heavy atom. The maximum atomic E-state index is 13.2. The van der Waals surface area contributed by atoms with Crippen LogP contribution in [0.25, 0.3) is 6.08 Å². The van der Waals surface area contributed by atoms with Gasteiger partial charge in [0, 0.05) is 33.1 Å². The molecule has 1 aliphatic heterocycles. The van der Waals surface area contributed by atoms with Crippen LogP contribution in [0.15, 0.2) is 54.1 Å². The molecule has 1 fully saturated rings. The van der Waals surface area contributed by atoms with Gasteiger partial charge < -0.3 is 30.0 Å². The van der Waals surface area contributed by atoms with E-state index in [0.717, 1.165) is 10.6 Å². The number of benzene rings is 2. The Morgan fingerprint density at radius 3 is 2.27 bits per heavy atom. The van der Waals surface area contributed by atoms with Gasteiger partial charge >= 0.3 is 5.97 Å². The van der Waals surface area contributed by atoms with Crippen LogP contribution in [0.1, 0.15) is 18.1 Å². The molecule has 0 radical (unpaired) electrons. The molecule has 11 heteroatoms. The SMILES string of the molecule is CC(=O)ON(Cc1ccccc1)[C@H](CO)C(=O)N1CCN(C(=O)/C(C#N)=C/c2ccc(O)c(O)c2)CC1. The number of hydroxylamine groups is 2. The number of rotatable bonds is 8. The van der Waals surface area contributed by atoms with E-state index in [2.05, 4.69) is 0 Å². The van der Waals surface area contributed by atoms with Gasteiger partial charge in [-0.05, 0) is 29.3 Å². The molecule has 2 aromatic rings. The van der Waals surface area contributed by atoms with Crippen molar-refractivity contribution in [2.75, 3.05) is 32.8 Å². The molecule has 37 heavy (non-hydrogen) atoms. The molecular weight excluding hydrogens is 480 g/mol. The van der Waals surface area contributed by atoms with Gasteiger partial charge in [0.2, 0.25) is 5.91 Å². The van der Waals surface area contributed by atoms with Crippen molar-refractivity contribution in [2.24, 2.45) is 0 Å². The monoisotopic (exact) mass is 508 g/mol. The highest BCUT2D eigenvalue weighted by atomic mass is 16.7. The molecule has 3 N–H and O–H groups in total. The summed E-state index contributed by atoms with van der Waals surface area (Å²) in [6.45, 7) is 1.32. The Kier molecular flexibility index (Phi) is 9.21. The summed E-state index contributed by atoms with van der Waals surface area (Å²) in [5.74, 6) is -2.32. The Labute approximate surface area is 214 Å². The lowest BCUT2D eigenvalue weighted by atomic mass is 10.1. The fourth-order valence-corrected chi connectivity index (χ4v) is 3.88. The molecule has 11 nitrogen and oxygen atoms in total. The predicted molar refractivity (Wildman–Crippen MR) is 131 cm³/mol. The third kappa shape index (κ3) is 7.07. The summed E-state index contributed by atoms with van der Waals surface area (Å²) in [5.41, 5.74) is 0.981. The zero-order chi connectivity index (χ0) is 26.9. The number of carbonyl (C=O) groups excluding carboxylic acids is 3. The molecule has 2 amide bonds. The Balaban J connectivity index is 1.67. The van der Waals surface area contributed by atoms with Crippen molar-refractivity contribution >= 4 is 23.9 Å². The van der Waals surface area contributed by atoms with Crippen molar-refractivity contribution in [3.63, 3.8) is 0 Å². The van der Waals surface area contributed by atoms with Crippen molar-refractivity contribution in [1.82, 2.24) is 14.9 Å². The highest BCUT2D eigenvalue weighted by Crippen LogP contribution is 2.26. The number of carbonyl (C=O) groups is 3. The van der Waals surface area contributed by atoms with E-state index in [4.69, 9.17) is 4.84 Å². The largest absolute Gasteiger partial charge is 0.504 e. The summed E-state index contributed by atoms with van der Waals surface area (Å²) in [4.78, 5) is 45.9. The average Bonchev–Trinajstić information content (AvgIpc) is 2.89. The molecule has 1 saturated heterocycles. The van der Waals surface area contributed by atoms with E-state index < -0.39 is 30.4 Å². The molecule has 3 rings (SSSR count). The van der Waals surface area contributed by atoms with E-state index >= 15 is 0 Å². The predicted octanol–water partition coefficient (Wildman–Crippen LogP) is 1.02. The Morgan fingerprint density at radius 2 is 1.70 bits per heavy atom. The second-order valence-corrected chi connectivity index (χ2v) is 8.38. The van der Waals surface area contributed by atoms with E-state index in [1.807, 2.05) is 24.3 Å². The lowest BCUT2D eigenvalue weighted by Crippen LogP contribution is -2.57. The van der Waals surface area contributed by atoms with Gasteiger partial charge in [0.1, 0.15) is 17.7 Å². The summed E-state index contributed by atoms with van der Waals surface area (Å²) in [6.07, 6.45) is 1.31. The molecular formula is C26H28N4O7. The average molecular weight is 509 g/mol. The normalized spacial score (nSPS) is 14.7. The standard InChI is InChI=1S/C26H28N4O7/c1-18(32)37-30(16-19-5-3-2-4-6-19)22(17-31)26(36)29-11-9-28(10-12-29)25(35)21(15-27)13-20-7-8-23(33)24(34)14-20/h2-8,13-14,22,31,33-34H,9-12,16-17H2,1H3/b21-13+/t22-/m1/s1. The first-order valence-corrected chi connectivity index (χ1v) is 11.5.